The van der Waals surface area contributed by atoms with Crippen molar-refractivity contribution < 1.29 is 9.47 Å². The van der Waals surface area contributed by atoms with Crippen molar-refractivity contribution in [3.05, 3.63) is 199 Å². The van der Waals surface area contributed by atoms with Crippen molar-refractivity contribution in [2.75, 3.05) is 0 Å². The predicted molar refractivity (Wildman–Crippen MR) is 253 cm³/mol. The molecule has 12 aromatic rings. The quantitative estimate of drug-likeness (QED) is 0.132. The van der Waals surface area contributed by atoms with Gasteiger partial charge in [0, 0.05) is 61.3 Å². The molecule has 0 saturated heterocycles. The van der Waals surface area contributed by atoms with Gasteiger partial charge in [-0.1, -0.05) is 121 Å². The van der Waals surface area contributed by atoms with Gasteiger partial charge in [0.05, 0.1) is 45.4 Å². The smallest absolute Gasteiger partial charge is 0.260 e. The van der Waals surface area contributed by atoms with Crippen LogP contribution in [0.1, 0.15) is 0 Å². The fourth-order valence-electron chi connectivity index (χ4n) is 10.7. The second-order valence-corrected chi connectivity index (χ2v) is 16.3. The monoisotopic (exact) mass is 790 g/mol. The lowest BCUT2D eigenvalue weighted by atomic mass is 9.35. The van der Waals surface area contributed by atoms with Gasteiger partial charge in [0.25, 0.3) is 6.71 Å². The summed E-state index contributed by atoms with van der Waals surface area (Å²) in [5, 5.41) is 6.86. The normalized spacial score (nSPS) is 12.7. The Labute approximate surface area is 355 Å². The van der Waals surface area contributed by atoms with Gasteiger partial charge >= 0.3 is 0 Å². The number of hydrogen-bond acceptors (Lipinski definition) is 2. The van der Waals surface area contributed by atoms with Crippen molar-refractivity contribution in [1.29, 1.82) is 0 Å². The summed E-state index contributed by atoms with van der Waals surface area (Å²) in [5.41, 5.74) is 13.4. The van der Waals surface area contributed by atoms with Crippen LogP contribution in [0.3, 0.4) is 0 Å². The molecular formula is C55H31BN4O2. The first-order valence-corrected chi connectivity index (χ1v) is 20.9. The highest BCUT2D eigenvalue weighted by Crippen LogP contribution is 2.51. The van der Waals surface area contributed by atoms with Crippen molar-refractivity contribution in [3.8, 4) is 40.1 Å². The summed E-state index contributed by atoms with van der Waals surface area (Å²) in [6.45, 7) is 7.98. The van der Waals surface area contributed by atoms with Crippen molar-refractivity contribution >= 4 is 94.2 Å². The number of hydrogen-bond donors (Lipinski definition) is 0. The molecule has 3 aromatic heterocycles. The van der Waals surface area contributed by atoms with E-state index in [4.69, 9.17) is 16.0 Å². The Bertz CT molecular complexity index is 3890. The Morgan fingerprint density at radius 3 is 1.35 bits per heavy atom. The topological polar surface area (TPSA) is 37.6 Å². The number of aromatic nitrogens is 3. The first-order valence-electron chi connectivity index (χ1n) is 20.9. The molecule has 0 aliphatic carbocycles. The lowest BCUT2D eigenvalue weighted by Gasteiger charge is -2.33. The maximum Gasteiger partial charge on any atom is 0.260 e. The Balaban J connectivity index is 1.22. The van der Waals surface area contributed by atoms with Crippen molar-refractivity contribution in [1.82, 2.24) is 13.7 Å². The van der Waals surface area contributed by atoms with Gasteiger partial charge in [0.15, 0.2) is 5.69 Å². The molecule has 0 N–H and O–H groups in total. The average Bonchev–Trinajstić information content (AvgIpc) is 3.98. The van der Waals surface area contributed by atoms with E-state index in [0.717, 1.165) is 122 Å². The number of nitrogens with zero attached hydrogens (tertiary/aromatic N) is 4. The standard InChI is InChI=1S/C55H31BN4O2/c1-57-33-16-15-19-35(30-33)59-43-26-11-6-21-38(43)49-53-50(37-20-5-10-25-42(37)58(53)34-17-3-2-4-18-34)55-51(54(49)59)39-22-7-12-27-44(39)60(55)36-31-47-52-48(32-36)62-46-29-14-9-24-41(46)56(52)40-23-8-13-28-45(40)61-47/h2-32H. The fourth-order valence-corrected chi connectivity index (χ4v) is 10.7. The summed E-state index contributed by atoms with van der Waals surface area (Å²) in [6.07, 6.45) is 0. The fraction of sp³-hybridized carbons (Fsp3) is 0. The van der Waals surface area contributed by atoms with E-state index in [1.54, 1.807) is 0 Å². The number of ether oxygens (including phenoxy) is 2. The molecule has 7 heteroatoms. The van der Waals surface area contributed by atoms with Crippen LogP contribution in [0, 0.1) is 6.57 Å². The molecule has 0 fully saturated rings. The van der Waals surface area contributed by atoms with E-state index in [0.29, 0.717) is 5.69 Å². The van der Waals surface area contributed by atoms with Crippen LogP contribution in [-0.2, 0) is 0 Å². The van der Waals surface area contributed by atoms with Crippen LogP contribution in [-0.4, -0.2) is 20.4 Å². The lowest BCUT2D eigenvalue weighted by molar-refractivity contribution is 0.464. The molecule has 0 bridgehead atoms. The molecule has 6 nitrogen and oxygen atoms in total. The summed E-state index contributed by atoms with van der Waals surface area (Å²) in [6, 6.07) is 66.2. The Morgan fingerprint density at radius 1 is 0.387 bits per heavy atom. The molecule has 286 valence electrons. The highest BCUT2D eigenvalue weighted by molar-refractivity contribution is 6.98. The number of rotatable bonds is 3. The molecule has 0 radical (unpaired) electrons. The zero-order chi connectivity index (χ0) is 40.6. The minimum Gasteiger partial charge on any atom is -0.458 e. The summed E-state index contributed by atoms with van der Waals surface area (Å²) < 4.78 is 21.1. The van der Waals surface area contributed by atoms with Crippen LogP contribution in [0.15, 0.2) is 188 Å². The maximum absolute atomic E-state index is 8.01. The van der Waals surface area contributed by atoms with E-state index in [2.05, 4.69) is 176 Å². The van der Waals surface area contributed by atoms with Crippen LogP contribution >= 0.6 is 0 Å². The minimum absolute atomic E-state index is 0.0285. The third kappa shape index (κ3) is 4.32. The van der Waals surface area contributed by atoms with Gasteiger partial charge in [-0.3, -0.25) is 0 Å². The zero-order valence-corrected chi connectivity index (χ0v) is 33.1. The summed E-state index contributed by atoms with van der Waals surface area (Å²) in [4.78, 5) is 3.88. The summed E-state index contributed by atoms with van der Waals surface area (Å²) in [7, 11) is 0. The molecular weight excluding hydrogens is 759 g/mol. The maximum atomic E-state index is 8.01. The second-order valence-electron chi connectivity index (χ2n) is 16.3. The third-order valence-electron chi connectivity index (χ3n) is 13.1. The zero-order valence-electron chi connectivity index (χ0n) is 33.1. The molecule has 0 amide bonds. The van der Waals surface area contributed by atoms with Gasteiger partial charge in [0.1, 0.15) is 23.0 Å². The van der Waals surface area contributed by atoms with Gasteiger partial charge in [-0.15, -0.1) is 0 Å². The van der Waals surface area contributed by atoms with Crippen LogP contribution in [0.2, 0.25) is 0 Å². The highest BCUT2D eigenvalue weighted by Gasteiger charge is 2.40. The van der Waals surface area contributed by atoms with E-state index in [1.807, 2.05) is 30.3 Å². The molecule has 0 spiro atoms. The summed E-state index contributed by atoms with van der Waals surface area (Å²) >= 11 is 0. The number of benzene rings is 9. The van der Waals surface area contributed by atoms with Gasteiger partial charge in [0.2, 0.25) is 0 Å². The van der Waals surface area contributed by atoms with E-state index < -0.39 is 0 Å². The molecule has 62 heavy (non-hydrogen) atoms. The minimum atomic E-state index is -0.0285. The van der Waals surface area contributed by atoms with E-state index in [9.17, 15) is 0 Å². The first-order chi connectivity index (χ1) is 30.7. The molecule has 0 unspecified atom stereocenters. The Morgan fingerprint density at radius 2 is 0.823 bits per heavy atom. The third-order valence-corrected chi connectivity index (χ3v) is 13.1. The first kappa shape index (κ1) is 33.4. The van der Waals surface area contributed by atoms with Crippen molar-refractivity contribution in [2.24, 2.45) is 0 Å². The predicted octanol–water partition coefficient (Wildman–Crippen LogP) is 12.3. The Kier molecular flexibility index (Phi) is 6.62. The van der Waals surface area contributed by atoms with Gasteiger partial charge in [-0.25, -0.2) is 4.85 Å². The van der Waals surface area contributed by atoms with Crippen LogP contribution in [0.4, 0.5) is 5.69 Å². The van der Waals surface area contributed by atoms with E-state index in [1.165, 1.54) is 0 Å². The van der Waals surface area contributed by atoms with Crippen LogP contribution in [0.5, 0.6) is 23.0 Å². The van der Waals surface area contributed by atoms with E-state index >= 15 is 0 Å². The average molecular weight is 791 g/mol. The van der Waals surface area contributed by atoms with Crippen molar-refractivity contribution in [2.45, 2.75) is 0 Å². The molecule has 9 aromatic carbocycles. The molecule has 0 atom stereocenters. The lowest BCUT2D eigenvalue weighted by Crippen LogP contribution is -2.57. The van der Waals surface area contributed by atoms with Crippen LogP contribution < -0.4 is 25.9 Å². The number of para-hydroxylation sites is 6. The summed E-state index contributed by atoms with van der Waals surface area (Å²) in [5.74, 6) is 3.29. The highest BCUT2D eigenvalue weighted by atomic mass is 16.5. The SMILES string of the molecule is [C-]#[N+]c1cccc(-n2c3ccccc3c3c4c(c5ccccc5n4-c4ccccc4)c4c(c5ccccc5n4-c4cc5c6c(c4)Oc4ccccc4B6c4ccccc4O5)c32)c1. The molecule has 2 aliphatic heterocycles. The van der Waals surface area contributed by atoms with Gasteiger partial charge in [-0.05, 0) is 65.5 Å². The Hall–Kier alpha value is -8.47. The molecule has 14 rings (SSSR count). The largest absolute Gasteiger partial charge is 0.458 e. The molecule has 2 aliphatic rings. The number of fused-ring (bicyclic) bond motifs is 16. The van der Waals surface area contributed by atoms with Crippen molar-refractivity contribution in [3.63, 3.8) is 0 Å². The van der Waals surface area contributed by atoms with Crippen LogP contribution in [0.25, 0.3) is 87.3 Å². The van der Waals surface area contributed by atoms with Gasteiger partial charge < -0.3 is 23.2 Å². The van der Waals surface area contributed by atoms with E-state index in [-0.39, 0.29) is 6.71 Å². The molecule has 0 saturated carbocycles. The molecule has 5 heterocycles. The second kappa shape index (κ2) is 12.3. The van der Waals surface area contributed by atoms with Gasteiger partial charge in [-0.2, -0.15) is 0 Å².